The molecule has 0 bridgehead atoms. The van der Waals surface area contributed by atoms with E-state index in [2.05, 4.69) is 17.1 Å². The lowest BCUT2D eigenvalue weighted by Gasteiger charge is -1.96. The Balaban J connectivity index is 2.23. The van der Waals surface area contributed by atoms with Crippen LogP contribution in [0.1, 0.15) is 35.9 Å². The monoisotopic (exact) mass is 246 g/mol. The second kappa shape index (κ2) is 5.44. The van der Waals surface area contributed by atoms with Crippen LogP contribution in [-0.4, -0.2) is 21.2 Å². The smallest absolute Gasteiger partial charge is 0.335 e. The quantitative estimate of drug-likeness (QED) is 0.877. The predicted octanol–water partition coefficient (Wildman–Crippen LogP) is 2.78. The fourth-order valence-corrected chi connectivity index (χ4v) is 1.59. The first-order chi connectivity index (χ1) is 8.70. The lowest BCUT2D eigenvalue weighted by molar-refractivity contribution is 0.0697. The van der Waals surface area contributed by atoms with Gasteiger partial charge in [-0.2, -0.15) is 4.98 Å². The van der Waals surface area contributed by atoms with Crippen molar-refractivity contribution in [3.63, 3.8) is 0 Å². The Morgan fingerprint density at radius 3 is 3.00 bits per heavy atom. The first-order valence-electron chi connectivity index (χ1n) is 5.87. The Hall–Kier alpha value is -2.17. The van der Waals surface area contributed by atoms with E-state index >= 15 is 0 Å². The number of nitrogens with zero attached hydrogens (tertiary/aromatic N) is 2. The van der Waals surface area contributed by atoms with Crippen molar-refractivity contribution in [2.75, 3.05) is 0 Å². The van der Waals surface area contributed by atoms with Crippen molar-refractivity contribution in [1.29, 1.82) is 0 Å². The molecule has 2 rings (SSSR count). The lowest BCUT2D eigenvalue weighted by atomic mass is 10.1. The number of carbonyl (C=O) groups is 1. The van der Waals surface area contributed by atoms with Crippen molar-refractivity contribution in [2.45, 2.75) is 26.2 Å². The van der Waals surface area contributed by atoms with Gasteiger partial charge in [-0.05, 0) is 24.6 Å². The zero-order chi connectivity index (χ0) is 13.0. The molecule has 0 unspecified atom stereocenters. The molecule has 0 saturated carbocycles. The number of hydrogen-bond donors (Lipinski definition) is 1. The van der Waals surface area contributed by atoms with Gasteiger partial charge in [-0.15, -0.1) is 0 Å². The van der Waals surface area contributed by atoms with E-state index in [4.69, 9.17) is 9.63 Å². The molecule has 0 amide bonds. The van der Waals surface area contributed by atoms with Crippen LogP contribution in [0.5, 0.6) is 0 Å². The topological polar surface area (TPSA) is 76.2 Å². The molecule has 1 aromatic carbocycles. The first kappa shape index (κ1) is 12.3. The number of carboxylic acids is 1. The van der Waals surface area contributed by atoms with E-state index in [0.717, 1.165) is 19.3 Å². The molecule has 1 heterocycles. The Morgan fingerprint density at radius 1 is 1.44 bits per heavy atom. The third kappa shape index (κ3) is 2.74. The Bertz CT molecular complexity index is 549. The molecule has 0 spiro atoms. The van der Waals surface area contributed by atoms with Crippen LogP contribution >= 0.6 is 0 Å². The molecule has 5 nitrogen and oxygen atoms in total. The number of rotatable bonds is 5. The summed E-state index contributed by atoms with van der Waals surface area (Å²) in [4.78, 5) is 15.1. The van der Waals surface area contributed by atoms with Crippen LogP contribution in [0.15, 0.2) is 28.8 Å². The summed E-state index contributed by atoms with van der Waals surface area (Å²) < 4.78 is 5.13. The molecule has 94 valence electrons. The van der Waals surface area contributed by atoms with Crippen molar-refractivity contribution in [3.05, 3.63) is 35.7 Å². The van der Waals surface area contributed by atoms with Crippen LogP contribution in [0.25, 0.3) is 11.5 Å². The van der Waals surface area contributed by atoms with E-state index in [1.807, 2.05) is 0 Å². The maximum atomic E-state index is 10.9. The minimum Gasteiger partial charge on any atom is -0.478 e. The summed E-state index contributed by atoms with van der Waals surface area (Å²) in [6.45, 7) is 2.09. The first-order valence-corrected chi connectivity index (χ1v) is 5.87. The van der Waals surface area contributed by atoms with Gasteiger partial charge in [0.2, 0.25) is 0 Å². The van der Waals surface area contributed by atoms with Gasteiger partial charge in [0, 0.05) is 12.0 Å². The van der Waals surface area contributed by atoms with Gasteiger partial charge < -0.3 is 9.63 Å². The van der Waals surface area contributed by atoms with Crippen molar-refractivity contribution in [3.8, 4) is 11.5 Å². The number of benzene rings is 1. The van der Waals surface area contributed by atoms with Gasteiger partial charge in [0.25, 0.3) is 5.89 Å². The highest BCUT2D eigenvalue weighted by Gasteiger charge is 2.10. The highest BCUT2D eigenvalue weighted by Crippen LogP contribution is 2.19. The summed E-state index contributed by atoms with van der Waals surface area (Å²) in [5.41, 5.74) is 0.839. The van der Waals surface area contributed by atoms with E-state index in [0.29, 0.717) is 17.3 Å². The van der Waals surface area contributed by atoms with Crippen LogP contribution in [0.4, 0.5) is 0 Å². The van der Waals surface area contributed by atoms with E-state index in [-0.39, 0.29) is 5.56 Å². The molecule has 2 aromatic rings. The van der Waals surface area contributed by atoms with Crippen LogP contribution in [0.3, 0.4) is 0 Å². The number of aryl methyl sites for hydroxylation is 1. The zero-order valence-corrected chi connectivity index (χ0v) is 10.1. The zero-order valence-electron chi connectivity index (χ0n) is 10.1. The molecule has 1 N–H and O–H groups in total. The standard InChI is InChI=1S/C13H14N2O3/c1-2-3-7-11-14-12(18-15-11)9-5-4-6-10(8-9)13(16)17/h4-6,8H,2-3,7H2,1H3,(H,16,17). The van der Waals surface area contributed by atoms with E-state index in [1.54, 1.807) is 12.1 Å². The second-order valence-corrected chi connectivity index (χ2v) is 4.01. The van der Waals surface area contributed by atoms with Gasteiger partial charge in [0.05, 0.1) is 5.56 Å². The van der Waals surface area contributed by atoms with E-state index < -0.39 is 5.97 Å². The molecule has 0 aliphatic heterocycles. The molecule has 0 radical (unpaired) electrons. The molecule has 18 heavy (non-hydrogen) atoms. The Morgan fingerprint density at radius 2 is 2.28 bits per heavy atom. The Kier molecular flexibility index (Phi) is 3.72. The normalized spacial score (nSPS) is 10.5. The van der Waals surface area contributed by atoms with Crippen LogP contribution in [0, 0.1) is 0 Å². The molecule has 0 aliphatic carbocycles. The molecule has 5 heteroatoms. The fraction of sp³-hybridized carbons (Fsp3) is 0.308. The summed E-state index contributed by atoms with van der Waals surface area (Å²) in [6.07, 6.45) is 2.85. The van der Waals surface area contributed by atoms with Crippen LogP contribution in [0.2, 0.25) is 0 Å². The molecular formula is C13H14N2O3. The maximum absolute atomic E-state index is 10.9. The minimum absolute atomic E-state index is 0.209. The molecule has 0 aliphatic rings. The highest BCUT2D eigenvalue weighted by atomic mass is 16.5. The van der Waals surface area contributed by atoms with Crippen LogP contribution in [-0.2, 0) is 6.42 Å². The largest absolute Gasteiger partial charge is 0.478 e. The van der Waals surface area contributed by atoms with Gasteiger partial charge in [-0.3, -0.25) is 0 Å². The summed E-state index contributed by atoms with van der Waals surface area (Å²) in [6, 6.07) is 6.47. The Labute approximate surface area is 104 Å². The molecule has 0 fully saturated rings. The van der Waals surface area contributed by atoms with E-state index in [9.17, 15) is 4.79 Å². The van der Waals surface area contributed by atoms with Crippen LogP contribution < -0.4 is 0 Å². The summed E-state index contributed by atoms with van der Waals surface area (Å²) in [5, 5.41) is 12.8. The number of hydrogen-bond acceptors (Lipinski definition) is 4. The number of aromatic nitrogens is 2. The van der Waals surface area contributed by atoms with Gasteiger partial charge in [0.15, 0.2) is 5.82 Å². The molecule has 1 aromatic heterocycles. The van der Waals surface area contributed by atoms with Gasteiger partial charge in [-0.25, -0.2) is 4.79 Å². The highest BCUT2D eigenvalue weighted by molar-refractivity contribution is 5.88. The average molecular weight is 246 g/mol. The molecule has 0 saturated heterocycles. The summed E-state index contributed by atoms with van der Waals surface area (Å²) >= 11 is 0. The van der Waals surface area contributed by atoms with Crippen molar-refractivity contribution >= 4 is 5.97 Å². The predicted molar refractivity (Wildman–Crippen MR) is 65.3 cm³/mol. The third-order valence-electron chi connectivity index (χ3n) is 2.58. The summed E-state index contributed by atoms with van der Waals surface area (Å²) in [7, 11) is 0. The third-order valence-corrected chi connectivity index (χ3v) is 2.58. The van der Waals surface area contributed by atoms with Gasteiger partial charge >= 0.3 is 5.97 Å². The van der Waals surface area contributed by atoms with Gasteiger partial charge in [-0.1, -0.05) is 24.6 Å². The maximum Gasteiger partial charge on any atom is 0.335 e. The van der Waals surface area contributed by atoms with Crippen molar-refractivity contribution in [2.24, 2.45) is 0 Å². The SMILES string of the molecule is CCCCc1noc(-c2cccc(C(=O)O)c2)n1. The number of unbranched alkanes of at least 4 members (excludes halogenated alkanes) is 1. The molecular weight excluding hydrogens is 232 g/mol. The number of aromatic carboxylic acids is 1. The average Bonchev–Trinajstić information content (AvgIpc) is 2.85. The summed E-state index contributed by atoms with van der Waals surface area (Å²) in [5.74, 6) is 0.0550. The lowest BCUT2D eigenvalue weighted by Crippen LogP contribution is -1.95. The second-order valence-electron chi connectivity index (χ2n) is 4.01. The minimum atomic E-state index is -0.970. The fourth-order valence-electron chi connectivity index (χ4n) is 1.59. The van der Waals surface area contributed by atoms with Crippen molar-refractivity contribution < 1.29 is 14.4 Å². The van der Waals surface area contributed by atoms with E-state index in [1.165, 1.54) is 12.1 Å². The van der Waals surface area contributed by atoms with Crippen molar-refractivity contribution in [1.82, 2.24) is 10.1 Å². The molecule has 0 atom stereocenters. The number of carboxylic acid groups (broad SMARTS) is 1. The van der Waals surface area contributed by atoms with Gasteiger partial charge in [0.1, 0.15) is 0 Å².